The van der Waals surface area contributed by atoms with Crippen LogP contribution in [-0.4, -0.2) is 4.98 Å². The molecule has 48 heavy (non-hydrogen) atoms. The van der Waals surface area contributed by atoms with Gasteiger partial charge in [-0.2, -0.15) is 0 Å². The van der Waals surface area contributed by atoms with Gasteiger partial charge < -0.3 is 9.32 Å². The average Bonchev–Trinajstić information content (AvgIpc) is 3.56. The Morgan fingerprint density at radius 3 is 1.92 bits per heavy atom. The molecule has 0 N–H and O–H groups in total. The molecule has 0 radical (unpaired) electrons. The fourth-order valence-electron chi connectivity index (χ4n) is 6.87. The number of furan rings is 1. The van der Waals surface area contributed by atoms with Gasteiger partial charge in [0.15, 0.2) is 0 Å². The standard InChI is InChI=1S/C45H30N2O/c1-3-11-31(12-4-1)32-21-23-33(24-22-32)35-15-9-16-37(29-35)47(41-18-8-7-17-38(41)34-13-5-2-6-14-34)42-19-10-20-43-44(42)40-26-25-36-30-46-28-27-39(36)45(40)48-43/h1-30H. The van der Waals surface area contributed by atoms with Crippen LogP contribution < -0.4 is 4.90 Å². The predicted octanol–water partition coefficient (Wildman–Crippen LogP) is 12.6. The Labute approximate surface area is 279 Å². The molecule has 0 amide bonds. The third-order valence-corrected chi connectivity index (χ3v) is 9.16. The largest absolute Gasteiger partial charge is 0.455 e. The highest BCUT2D eigenvalue weighted by molar-refractivity contribution is 6.19. The molecular formula is C45H30N2O. The third-order valence-electron chi connectivity index (χ3n) is 9.16. The molecule has 0 saturated heterocycles. The molecule has 9 rings (SSSR count). The van der Waals surface area contributed by atoms with Gasteiger partial charge >= 0.3 is 0 Å². The average molecular weight is 615 g/mol. The van der Waals surface area contributed by atoms with E-state index in [9.17, 15) is 0 Å². The number of para-hydroxylation sites is 1. The van der Waals surface area contributed by atoms with E-state index < -0.39 is 0 Å². The first-order valence-corrected chi connectivity index (χ1v) is 16.2. The lowest BCUT2D eigenvalue weighted by Gasteiger charge is -2.29. The molecule has 0 aliphatic heterocycles. The van der Waals surface area contributed by atoms with Gasteiger partial charge in [0.05, 0.1) is 16.8 Å². The second kappa shape index (κ2) is 11.7. The number of fused-ring (bicyclic) bond motifs is 5. The van der Waals surface area contributed by atoms with Crippen LogP contribution in [0.3, 0.4) is 0 Å². The van der Waals surface area contributed by atoms with Crippen molar-refractivity contribution >= 4 is 49.8 Å². The molecule has 3 heteroatoms. The minimum atomic E-state index is 0.849. The summed E-state index contributed by atoms with van der Waals surface area (Å²) in [5, 5.41) is 4.27. The number of benzene rings is 7. The number of rotatable bonds is 6. The van der Waals surface area contributed by atoms with E-state index in [0.717, 1.165) is 66.5 Å². The SMILES string of the molecule is c1ccc(-c2ccc(-c3cccc(N(c4ccccc4-c4ccccc4)c4cccc5oc6c7ccncc7ccc6c45)c3)cc2)cc1. The van der Waals surface area contributed by atoms with E-state index in [-0.39, 0.29) is 0 Å². The summed E-state index contributed by atoms with van der Waals surface area (Å²) in [7, 11) is 0. The van der Waals surface area contributed by atoms with Crippen LogP contribution in [0.2, 0.25) is 0 Å². The second-order valence-corrected chi connectivity index (χ2v) is 12.0. The van der Waals surface area contributed by atoms with E-state index in [2.05, 4.69) is 174 Å². The van der Waals surface area contributed by atoms with Crippen LogP contribution in [0.1, 0.15) is 0 Å². The molecule has 0 saturated carbocycles. The Bertz CT molecular complexity index is 2550. The summed E-state index contributed by atoms with van der Waals surface area (Å²) in [5.41, 5.74) is 12.0. The zero-order valence-corrected chi connectivity index (χ0v) is 26.1. The van der Waals surface area contributed by atoms with Crippen LogP contribution in [0, 0.1) is 0 Å². The molecule has 0 unspecified atom stereocenters. The van der Waals surface area contributed by atoms with Crippen LogP contribution in [0.25, 0.3) is 66.1 Å². The van der Waals surface area contributed by atoms with Crippen molar-refractivity contribution in [1.29, 1.82) is 0 Å². The van der Waals surface area contributed by atoms with Crippen molar-refractivity contribution in [3.05, 3.63) is 182 Å². The van der Waals surface area contributed by atoms with E-state index in [1.807, 2.05) is 18.5 Å². The number of pyridine rings is 1. The third kappa shape index (κ3) is 4.81. The molecule has 2 heterocycles. The second-order valence-electron chi connectivity index (χ2n) is 12.0. The molecule has 3 nitrogen and oxygen atoms in total. The van der Waals surface area contributed by atoms with Crippen LogP contribution in [0.15, 0.2) is 187 Å². The van der Waals surface area contributed by atoms with Crippen LogP contribution >= 0.6 is 0 Å². The summed E-state index contributed by atoms with van der Waals surface area (Å²) < 4.78 is 6.63. The van der Waals surface area contributed by atoms with Gasteiger partial charge in [0.25, 0.3) is 0 Å². The maximum Gasteiger partial charge on any atom is 0.143 e. The van der Waals surface area contributed by atoms with Gasteiger partial charge in [-0.25, -0.2) is 0 Å². The molecule has 0 atom stereocenters. The minimum Gasteiger partial charge on any atom is -0.455 e. The van der Waals surface area contributed by atoms with Gasteiger partial charge in [0.2, 0.25) is 0 Å². The fourth-order valence-corrected chi connectivity index (χ4v) is 6.87. The highest BCUT2D eigenvalue weighted by Crippen LogP contribution is 2.47. The van der Waals surface area contributed by atoms with Gasteiger partial charge in [-0.3, -0.25) is 4.98 Å². The van der Waals surface area contributed by atoms with Gasteiger partial charge in [0, 0.05) is 39.8 Å². The summed E-state index contributed by atoms with van der Waals surface area (Å²) in [6.45, 7) is 0. The van der Waals surface area contributed by atoms with E-state index in [1.165, 1.54) is 16.7 Å². The van der Waals surface area contributed by atoms with Crippen molar-refractivity contribution in [2.75, 3.05) is 4.90 Å². The summed E-state index contributed by atoms with van der Waals surface area (Å²) in [4.78, 5) is 6.73. The van der Waals surface area contributed by atoms with Gasteiger partial charge in [-0.15, -0.1) is 0 Å². The Morgan fingerprint density at radius 2 is 1.10 bits per heavy atom. The topological polar surface area (TPSA) is 29.3 Å². The molecule has 0 aliphatic carbocycles. The van der Waals surface area contributed by atoms with Crippen LogP contribution in [0.5, 0.6) is 0 Å². The van der Waals surface area contributed by atoms with Crippen molar-refractivity contribution in [3.63, 3.8) is 0 Å². The highest BCUT2D eigenvalue weighted by Gasteiger charge is 2.22. The van der Waals surface area contributed by atoms with Crippen LogP contribution in [-0.2, 0) is 0 Å². The quantitative estimate of drug-likeness (QED) is 0.187. The minimum absolute atomic E-state index is 0.849. The molecule has 0 fully saturated rings. The van der Waals surface area contributed by atoms with Gasteiger partial charge in [-0.1, -0.05) is 127 Å². The van der Waals surface area contributed by atoms with Crippen molar-refractivity contribution in [3.8, 4) is 33.4 Å². The summed E-state index contributed by atoms with van der Waals surface area (Å²) in [6.07, 6.45) is 3.72. The molecule has 7 aromatic carbocycles. The first-order valence-electron chi connectivity index (χ1n) is 16.2. The highest BCUT2D eigenvalue weighted by atomic mass is 16.3. The van der Waals surface area contributed by atoms with Gasteiger partial charge in [-0.05, 0) is 70.3 Å². The number of hydrogen-bond acceptors (Lipinski definition) is 3. The number of aromatic nitrogens is 1. The summed E-state index contributed by atoms with van der Waals surface area (Å²) in [5.74, 6) is 0. The first-order chi connectivity index (χ1) is 23.8. The van der Waals surface area contributed by atoms with E-state index in [1.54, 1.807) is 0 Å². The number of anilines is 3. The normalized spacial score (nSPS) is 11.3. The molecule has 0 aliphatic rings. The number of nitrogens with zero attached hydrogens (tertiary/aromatic N) is 2. The molecule has 0 bridgehead atoms. The van der Waals surface area contributed by atoms with Crippen molar-refractivity contribution in [1.82, 2.24) is 4.98 Å². The Balaban J connectivity index is 1.26. The van der Waals surface area contributed by atoms with E-state index in [4.69, 9.17) is 4.42 Å². The lowest BCUT2D eigenvalue weighted by atomic mass is 9.98. The van der Waals surface area contributed by atoms with Crippen molar-refractivity contribution in [2.45, 2.75) is 0 Å². The predicted molar refractivity (Wildman–Crippen MR) is 200 cm³/mol. The van der Waals surface area contributed by atoms with E-state index in [0.29, 0.717) is 0 Å². The maximum atomic E-state index is 6.63. The van der Waals surface area contributed by atoms with Gasteiger partial charge in [0.1, 0.15) is 11.2 Å². The smallest absolute Gasteiger partial charge is 0.143 e. The van der Waals surface area contributed by atoms with Crippen molar-refractivity contribution in [2.24, 2.45) is 0 Å². The van der Waals surface area contributed by atoms with Crippen molar-refractivity contribution < 1.29 is 4.42 Å². The Hall–Kier alpha value is -6.45. The summed E-state index contributed by atoms with van der Waals surface area (Å²) in [6, 6.07) is 60.2. The zero-order valence-electron chi connectivity index (χ0n) is 26.1. The molecular weight excluding hydrogens is 585 g/mol. The fraction of sp³-hybridized carbons (Fsp3) is 0. The Morgan fingerprint density at radius 1 is 0.458 bits per heavy atom. The maximum absolute atomic E-state index is 6.63. The Kier molecular flexibility index (Phi) is 6.80. The monoisotopic (exact) mass is 614 g/mol. The molecule has 2 aromatic heterocycles. The summed E-state index contributed by atoms with van der Waals surface area (Å²) >= 11 is 0. The number of hydrogen-bond donors (Lipinski definition) is 0. The van der Waals surface area contributed by atoms with E-state index >= 15 is 0 Å². The lowest BCUT2D eigenvalue weighted by Crippen LogP contribution is -2.11. The van der Waals surface area contributed by atoms with Crippen LogP contribution in [0.4, 0.5) is 17.1 Å². The zero-order chi connectivity index (χ0) is 31.9. The molecule has 0 spiro atoms. The lowest BCUT2D eigenvalue weighted by molar-refractivity contribution is 0.672. The first kappa shape index (κ1) is 27.8. The molecule has 9 aromatic rings. The molecule has 226 valence electrons.